The molecular weight excluding hydrogens is 1000 g/mol. The second kappa shape index (κ2) is 21.3. The molecule has 0 saturated heterocycles. The number of carbonyl (C=O) groups excluding carboxylic acids is 4. The van der Waals surface area contributed by atoms with Gasteiger partial charge in [0.25, 0.3) is 0 Å². The van der Waals surface area contributed by atoms with Crippen molar-refractivity contribution in [3.63, 3.8) is 0 Å². The summed E-state index contributed by atoms with van der Waals surface area (Å²) >= 11 is 0. The average Bonchev–Trinajstić information content (AvgIpc) is 4.25. The Kier molecular flexibility index (Phi) is 15.3. The maximum Gasteiger partial charge on any atom is 2.00 e. The predicted molar refractivity (Wildman–Crippen MR) is 309 cm³/mol. The van der Waals surface area contributed by atoms with E-state index in [-0.39, 0.29) is 40.7 Å². The molecule has 2 aliphatic rings. The Bertz CT molecular complexity index is 3450. The van der Waals surface area contributed by atoms with Gasteiger partial charge in [-0.3, -0.25) is 24.2 Å². The van der Waals surface area contributed by atoms with E-state index in [0.29, 0.717) is 91.3 Å². The van der Waals surface area contributed by atoms with E-state index < -0.39 is 21.7 Å². The molecule has 2 aliphatic heterocycles. The van der Waals surface area contributed by atoms with Crippen molar-refractivity contribution in [1.29, 1.82) is 0 Å². The number of nitrogens with zero attached hydrogens (tertiary/aromatic N) is 4. The second-order valence-electron chi connectivity index (χ2n) is 23.7. The van der Waals surface area contributed by atoms with Gasteiger partial charge in [0, 0.05) is 78.1 Å². The third-order valence-electron chi connectivity index (χ3n) is 13.4. The summed E-state index contributed by atoms with van der Waals surface area (Å²) in [6, 6.07) is 38.7. The summed E-state index contributed by atoms with van der Waals surface area (Å²) in [4.78, 5) is 77.2. The van der Waals surface area contributed by atoms with Gasteiger partial charge in [-0.1, -0.05) is 180 Å². The first-order chi connectivity index (χ1) is 35.9. The van der Waals surface area contributed by atoms with Crippen LogP contribution in [0.1, 0.15) is 106 Å². The Morgan fingerprint density at radius 3 is 0.883 bits per heavy atom. The largest absolute Gasteiger partial charge is 2.00 e. The first kappa shape index (κ1) is 55.4. The van der Waals surface area contributed by atoms with Crippen LogP contribution >= 0.6 is 0 Å². The van der Waals surface area contributed by atoms with Crippen molar-refractivity contribution < 1.29 is 36.2 Å². The van der Waals surface area contributed by atoms with Crippen LogP contribution in [-0.2, 0) is 49.1 Å². The minimum atomic E-state index is -0.696. The maximum atomic E-state index is 13.8. The number of rotatable bonds is 8. The summed E-state index contributed by atoms with van der Waals surface area (Å²) in [5, 5.41) is 12.9. The molecule has 0 spiro atoms. The number of amides is 4. The number of para-hydroxylation sites is 4. The molecule has 0 unspecified atom stereocenters. The van der Waals surface area contributed by atoms with Crippen molar-refractivity contribution in [2.45, 2.75) is 95.9 Å². The first-order valence-corrected chi connectivity index (χ1v) is 25.9. The molecule has 7 aromatic rings. The molecule has 4 aromatic carbocycles. The van der Waals surface area contributed by atoms with Gasteiger partial charge in [-0.2, -0.15) is 0 Å². The van der Waals surface area contributed by atoms with Crippen LogP contribution in [0.4, 0.5) is 22.7 Å². The fourth-order valence-corrected chi connectivity index (χ4v) is 8.97. The predicted octanol–water partition coefficient (Wildman–Crippen LogP) is 14.1. The number of aromatic nitrogens is 4. The standard InChI is InChI=1S/C64H68N8O4.Fe/c1-61(2,3)57(73)69-41-25-17-13-21-37(41)53-45-29-31-47(65-45)54(38-22-14-18-26-42(38)70-58(74)62(4,5)6)49-33-35-51(67-49)56(40-24-16-20-28-44(40)72-60(76)64(10,11)12)52-36-34-50(68-52)55(48-32-30-46(53)66-48)39-23-15-19-27-43(39)71-59(75)63(7,8)9;/h13-33,35H,34,36H2,1-12H3,(H6,65,66,67,68,69,70,71,72,73,74,75,76);/q;+2/p-2. The minimum absolute atomic E-state index is 0. The number of hydrogen-bond donors (Lipinski definition) is 4. The van der Waals surface area contributed by atoms with Crippen LogP contribution in [0.25, 0.3) is 78.7 Å². The van der Waals surface area contributed by atoms with Crippen LogP contribution in [0.15, 0.2) is 121 Å². The van der Waals surface area contributed by atoms with Crippen LogP contribution in [0.3, 0.4) is 0 Å². The van der Waals surface area contributed by atoms with Crippen LogP contribution in [0.2, 0.25) is 0 Å². The van der Waals surface area contributed by atoms with Crippen molar-refractivity contribution in [3.05, 3.63) is 144 Å². The zero-order valence-electron chi connectivity index (χ0n) is 45.9. The minimum Gasteiger partial charge on any atom is -0.657 e. The van der Waals surface area contributed by atoms with Gasteiger partial charge < -0.3 is 31.2 Å². The molecule has 77 heavy (non-hydrogen) atoms. The molecule has 5 heterocycles. The maximum absolute atomic E-state index is 13.8. The van der Waals surface area contributed by atoms with Gasteiger partial charge >= 0.3 is 17.1 Å². The van der Waals surface area contributed by atoms with Crippen LogP contribution in [-0.4, -0.2) is 33.6 Å². The Labute approximate surface area is 461 Å². The number of aryl methyl sites for hydroxylation is 2. The molecule has 0 fully saturated rings. The molecule has 4 N–H and O–H groups in total. The Morgan fingerprint density at radius 1 is 0.364 bits per heavy atom. The van der Waals surface area contributed by atoms with Crippen molar-refractivity contribution >= 4 is 80.6 Å². The molecule has 0 saturated carbocycles. The van der Waals surface area contributed by atoms with E-state index in [2.05, 4.69) is 21.3 Å². The monoisotopic (exact) mass is 1070 g/mol. The van der Waals surface area contributed by atoms with Crippen LogP contribution < -0.4 is 31.2 Å². The van der Waals surface area contributed by atoms with Crippen molar-refractivity contribution in [2.24, 2.45) is 21.7 Å². The molecule has 12 nitrogen and oxygen atoms in total. The molecule has 0 atom stereocenters. The van der Waals surface area contributed by atoms with E-state index >= 15 is 0 Å². The molecule has 3 aromatic heterocycles. The molecular formula is C64H66FeN8O4. The number of nitrogens with one attached hydrogen (secondary N) is 4. The zero-order chi connectivity index (χ0) is 54.5. The number of anilines is 4. The first-order valence-electron chi connectivity index (χ1n) is 25.9. The van der Waals surface area contributed by atoms with Gasteiger partial charge in [-0.15, -0.1) is 22.1 Å². The second-order valence-corrected chi connectivity index (χ2v) is 23.7. The fourth-order valence-electron chi connectivity index (χ4n) is 8.97. The number of fused-ring (bicyclic) bond motifs is 8. The summed E-state index contributed by atoms with van der Waals surface area (Å²) < 4.78 is 0. The molecule has 4 amide bonds. The number of benzene rings is 4. The molecule has 0 radical (unpaired) electrons. The van der Waals surface area contributed by atoms with E-state index in [1.54, 1.807) is 0 Å². The quantitative estimate of drug-likeness (QED) is 0.109. The molecule has 0 aliphatic carbocycles. The normalized spacial score (nSPS) is 12.6. The van der Waals surface area contributed by atoms with Gasteiger partial charge in [-0.25, -0.2) is 4.98 Å². The van der Waals surface area contributed by atoms with Crippen molar-refractivity contribution in [2.75, 3.05) is 21.3 Å². The smallest absolute Gasteiger partial charge is 0.657 e. The Balaban J connectivity index is 0.00000784. The van der Waals surface area contributed by atoms with Crippen molar-refractivity contribution in [1.82, 2.24) is 19.9 Å². The van der Waals surface area contributed by atoms with Gasteiger partial charge in [0.2, 0.25) is 23.6 Å². The molecule has 394 valence electrons. The third-order valence-corrected chi connectivity index (χ3v) is 13.4. The van der Waals surface area contributed by atoms with Gasteiger partial charge in [0.15, 0.2) is 0 Å². The summed E-state index contributed by atoms with van der Waals surface area (Å²) in [6.45, 7) is 22.5. The van der Waals surface area contributed by atoms with Crippen molar-refractivity contribution in [3.8, 4) is 44.5 Å². The van der Waals surface area contributed by atoms with Crippen LogP contribution in [0, 0.1) is 21.7 Å². The van der Waals surface area contributed by atoms with Crippen LogP contribution in [0.5, 0.6) is 0 Å². The molecule has 9 rings (SSSR count). The number of carbonyl (C=O) groups is 4. The van der Waals surface area contributed by atoms with E-state index in [4.69, 9.17) is 19.9 Å². The summed E-state index contributed by atoms with van der Waals surface area (Å²) in [5.74, 6) is -0.609. The van der Waals surface area contributed by atoms with Gasteiger partial charge in [0.1, 0.15) is 0 Å². The average molecular weight is 1070 g/mol. The Morgan fingerprint density at radius 2 is 0.610 bits per heavy atom. The van der Waals surface area contributed by atoms with E-state index in [1.165, 1.54) is 0 Å². The summed E-state index contributed by atoms with van der Waals surface area (Å²) in [7, 11) is 0. The van der Waals surface area contributed by atoms with Gasteiger partial charge in [-0.05, 0) is 71.5 Å². The topological polar surface area (TPSA) is 170 Å². The van der Waals surface area contributed by atoms with E-state index in [1.807, 2.05) is 217 Å². The molecule has 8 bridgehead atoms. The van der Waals surface area contributed by atoms with E-state index in [0.717, 1.165) is 33.6 Å². The summed E-state index contributed by atoms with van der Waals surface area (Å²) in [5.41, 5.74) is 10.3. The summed E-state index contributed by atoms with van der Waals surface area (Å²) in [6.07, 6.45) is 4.92. The molecule has 13 heteroatoms. The SMILES string of the molecule is CC(C)(C)C(=O)Nc1ccccc1-c1c2nc(c(-c3ccccc3NC(=O)C(C)(C)C)c3ccc([n-]3)c(-c3ccccc3NC(=O)C(C)(C)C)c3nc(c(-c4ccccc4NC(=O)C(C)(C)C)c4ccc1[n-]4)CC3)C=C2.[Fe+2]. The zero-order valence-corrected chi connectivity index (χ0v) is 47.0. The van der Waals surface area contributed by atoms with E-state index in [9.17, 15) is 19.2 Å². The third kappa shape index (κ3) is 11.6. The van der Waals surface area contributed by atoms with Gasteiger partial charge in [0.05, 0.1) is 11.4 Å². The Hall–Kier alpha value is -7.86. The number of hydrogen-bond acceptors (Lipinski definition) is 6. The fraction of sp³-hybridized carbons (Fsp3) is 0.281.